The lowest BCUT2D eigenvalue weighted by Crippen LogP contribution is -2.19. The highest BCUT2D eigenvalue weighted by atomic mass is 19.2. The molecule has 1 atom stereocenters. The molecular formula is C12H15F2NO2. The van der Waals surface area contributed by atoms with Crippen molar-refractivity contribution in [2.24, 2.45) is 5.73 Å². The van der Waals surface area contributed by atoms with E-state index in [2.05, 4.69) is 0 Å². The number of benzene rings is 1. The Kier molecular flexibility index (Phi) is 4.57. The summed E-state index contributed by atoms with van der Waals surface area (Å²) in [6.45, 7) is 3.35. The molecule has 0 saturated heterocycles. The van der Waals surface area contributed by atoms with Crippen LogP contribution in [0.2, 0.25) is 0 Å². The smallest absolute Gasteiger partial charge is 0.307 e. The third-order valence-corrected chi connectivity index (χ3v) is 2.40. The molecule has 0 heterocycles. The molecule has 0 aromatic heterocycles. The van der Waals surface area contributed by atoms with Crippen LogP contribution in [-0.4, -0.2) is 12.6 Å². The molecule has 0 aliphatic carbocycles. The van der Waals surface area contributed by atoms with Gasteiger partial charge < -0.3 is 10.5 Å². The van der Waals surface area contributed by atoms with Crippen molar-refractivity contribution in [2.45, 2.75) is 26.3 Å². The molecule has 0 radical (unpaired) electrons. The minimum absolute atomic E-state index is 0.0128. The monoisotopic (exact) mass is 243 g/mol. The number of halogens is 2. The number of nitrogens with two attached hydrogens (primary N) is 1. The van der Waals surface area contributed by atoms with Gasteiger partial charge in [0.05, 0.1) is 13.0 Å². The van der Waals surface area contributed by atoms with Gasteiger partial charge in [-0.2, -0.15) is 0 Å². The zero-order chi connectivity index (χ0) is 13.0. The Bertz CT molecular complexity index is 421. The first kappa shape index (κ1) is 13.6. The molecule has 3 nitrogen and oxygen atoms in total. The first-order valence-electron chi connectivity index (χ1n) is 5.33. The van der Waals surface area contributed by atoms with Crippen LogP contribution in [0.15, 0.2) is 12.1 Å². The van der Waals surface area contributed by atoms with E-state index in [0.717, 1.165) is 0 Å². The van der Waals surface area contributed by atoms with E-state index in [0.29, 0.717) is 0 Å². The second kappa shape index (κ2) is 5.72. The highest BCUT2D eigenvalue weighted by Gasteiger charge is 2.19. The molecular weight excluding hydrogens is 228 g/mol. The predicted molar refractivity (Wildman–Crippen MR) is 59.3 cm³/mol. The van der Waals surface area contributed by atoms with Gasteiger partial charge in [0.2, 0.25) is 0 Å². The van der Waals surface area contributed by atoms with E-state index in [1.165, 1.54) is 19.1 Å². The summed E-state index contributed by atoms with van der Waals surface area (Å²) in [5, 5.41) is 0. The van der Waals surface area contributed by atoms with Crippen LogP contribution in [-0.2, 0) is 9.53 Å². The molecule has 94 valence electrons. The fourth-order valence-electron chi connectivity index (χ4n) is 1.46. The number of hydrogen-bond acceptors (Lipinski definition) is 3. The predicted octanol–water partition coefficient (Wildman–Crippen LogP) is 2.23. The summed E-state index contributed by atoms with van der Waals surface area (Å²) in [5.74, 6) is -2.45. The van der Waals surface area contributed by atoms with Gasteiger partial charge in [-0.05, 0) is 19.4 Å². The first-order chi connectivity index (χ1) is 7.97. The van der Waals surface area contributed by atoms with Crippen molar-refractivity contribution in [3.8, 4) is 0 Å². The highest BCUT2D eigenvalue weighted by molar-refractivity contribution is 5.70. The quantitative estimate of drug-likeness (QED) is 0.825. The first-order valence-corrected chi connectivity index (χ1v) is 5.33. The SMILES string of the molecule is CCOC(=O)C[C@H](N)c1ccc(C)c(F)c1F. The van der Waals surface area contributed by atoms with Gasteiger partial charge in [-0.15, -0.1) is 0 Å². The molecule has 0 spiro atoms. The summed E-state index contributed by atoms with van der Waals surface area (Å²) < 4.78 is 31.5. The van der Waals surface area contributed by atoms with Crippen LogP contribution >= 0.6 is 0 Å². The summed E-state index contributed by atoms with van der Waals surface area (Å²) in [4.78, 5) is 11.2. The maximum absolute atomic E-state index is 13.5. The van der Waals surface area contributed by atoms with Gasteiger partial charge in [0.15, 0.2) is 11.6 Å². The van der Waals surface area contributed by atoms with Crippen LogP contribution in [0.3, 0.4) is 0 Å². The number of esters is 1. The second-order valence-electron chi connectivity index (χ2n) is 3.72. The topological polar surface area (TPSA) is 52.3 Å². The van der Waals surface area contributed by atoms with Crippen LogP contribution in [0.5, 0.6) is 0 Å². The standard InChI is InChI=1S/C12H15F2NO2/c1-3-17-10(16)6-9(15)8-5-4-7(2)11(13)12(8)14/h4-5,9H,3,6,15H2,1-2H3/t9-/m0/s1. The average molecular weight is 243 g/mol. The van der Waals surface area contributed by atoms with E-state index in [1.54, 1.807) is 6.92 Å². The van der Waals surface area contributed by atoms with Crippen molar-refractivity contribution in [1.82, 2.24) is 0 Å². The van der Waals surface area contributed by atoms with E-state index in [1.807, 2.05) is 0 Å². The maximum atomic E-state index is 13.5. The van der Waals surface area contributed by atoms with Crippen LogP contribution in [0.1, 0.15) is 30.5 Å². The van der Waals surface area contributed by atoms with Crippen LogP contribution in [0.4, 0.5) is 8.78 Å². The largest absolute Gasteiger partial charge is 0.466 e. The molecule has 2 N–H and O–H groups in total. The van der Waals surface area contributed by atoms with Gasteiger partial charge in [-0.3, -0.25) is 4.79 Å². The number of ether oxygens (including phenoxy) is 1. The zero-order valence-electron chi connectivity index (χ0n) is 9.80. The Balaban J connectivity index is 2.86. The second-order valence-corrected chi connectivity index (χ2v) is 3.72. The molecule has 1 aromatic carbocycles. The van der Waals surface area contributed by atoms with E-state index < -0.39 is 23.6 Å². The van der Waals surface area contributed by atoms with Crippen molar-refractivity contribution < 1.29 is 18.3 Å². The Morgan fingerprint density at radius 3 is 2.65 bits per heavy atom. The zero-order valence-corrected chi connectivity index (χ0v) is 9.80. The molecule has 1 aromatic rings. The highest BCUT2D eigenvalue weighted by Crippen LogP contribution is 2.22. The third kappa shape index (κ3) is 3.23. The number of carbonyl (C=O) groups excluding carboxylic acids is 1. The van der Waals surface area contributed by atoms with E-state index in [9.17, 15) is 13.6 Å². The summed E-state index contributed by atoms with van der Waals surface area (Å²) >= 11 is 0. The van der Waals surface area contributed by atoms with Gasteiger partial charge in [0.25, 0.3) is 0 Å². The van der Waals surface area contributed by atoms with Gasteiger partial charge in [0, 0.05) is 11.6 Å². The van der Waals surface area contributed by atoms with Gasteiger partial charge in [-0.1, -0.05) is 12.1 Å². The fourth-order valence-corrected chi connectivity index (χ4v) is 1.46. The normalized spacial score (nSPS) is 12.3. The molecule has 0 fully saturated rings. The van der Waals surface area contributed by atoms with Crippen molar-refractivity contribution >= 4 is 5.97 Å². The maximum Gasteiger partial charge on any atom is 0.307 e. The lowest BCUT2D eigenvalue weighted by molar-refractivity contribution is -0.143. The molecule has 0 amide bonds. The average Bonchev–Trinajstić information content (AvgIpc) is 2.26. The van der Waals surface area contributed by atoms with Gasteiger partial charge in [0.1, 0.15) is 0 Å². The van der Waals surface area contributed by atoms with Crippen molar-refractivity contribution in [3.05, 3.63) is 34.9 Å². The van der Waals surface area contributed by atoms with E-state index >= 15 is 0 Å². The molecule has 0 unspecified atom stereocenters. The summed E-state index contributed by atoms with van der Waals surface area (Å²) in [7, 11) is 0. The lowest BCUT2D eigenvalue weighted by atomic mass is 10.0. The number of carbonyl (C=O) groups is 1. The lowest BCUT2D eigenvalue weighted by Gasteiger charge is -2.13. The minimum atomic E-state index is -0.998. The number of rotatable bonds is 4. The number of hydrogen-bond donors (Lipinski definition) is 1. The Labute approximate surface area is 98.6 Å². The number of aryl methyl sites for hydroxylation is 1. The molecule has 5 heteroatoms. The van der Waals surface area contributed by atoms with E-state index in [-0.39, 0.29) is 24.2 Å². The molecule has 0 saturated carbocycles. The van der Waals surface area contributed by atoms with E-state index in [4.69, 9.17) is 10.5 Å². The third-order valence-electron chi connectivity index (χ3n) is 2.40. The van der Waals surface area contributed by atoms with Crippen LogP contribution in [0.25, 0.3) is 0 Å². The Morgan fingerprint density at radius 2 is 2.06 bits per heavy atom. The van der Waals surface area contributed by atoms with Crippen molar-refractivity contribution in [2.75, 3.05) is 6.61 Å². The van der Waals surface area contributed by atoms with Gasteiger partial charge in [-0.25, -0.2) is 8.78 Å². The van der Waals surface area contributed by atoms with Crippen LogP contribution < -0.4 is 5.73 Å². The van der Waals surface area contributed by atoms with Crippen molar-refractivity contribution in [3.63, 3.8) is 0 Å². The molecule has 17 heavy (non-hydrogen) atoms. The van der Waals surface area contributed by atoms with Gasteiger partial charge >= 0.3 is 5.97 Å². The summed E-state index contributed by atoms with van der Waals surface area (Å²) in [6.07, 6.45) is -0.173. The molecule has 0 bridgehead atoms. The van der Waals surface area contributed by atoms with Crippen LogP contribution in [0, 0.1) is 18.6 Å². The molecule has 0 aliphatic heterocycles. The minimum Gasteiger partial charge on any atom is -0.466 e. The molecule has 1 rings (SSSR count). The Morgan fingerprint density at radius 1 is 1.41 bits per heavy atom. The fraction of sp³-hybridized carbons (Fsp3) is 0.417. The van der Waals surface area contributed by atoms with Crippen molar-refractivity contribution in [1.29, 1.82) is 0 Å². The Hall–Kier alpha value is -1.49. The molecule has 0 aliphatic rings. The summed E-state index contributed by atoms with van der Waals surface area (Å²) in [5.41, 5.74) is 5.83. The summed E-state index contributed by atoms with van der Waals surface area (Å²) in [6, 6.07) is 1.92.